The molecular formula is C23H23N3O3. The highest BCUT2D eigenvalue weighted by Gasteiger charge is 2.45. The van der Waals surface area contributed by atoms with Crippen LogP contribution in [0.3, 0.4) is 0 Å². The lowest BCUT2D eigenvalue weighted by Gasteiger charge is -2.39. The Bertz CT molecular complexity index is 1110. The molecule has 0 spiro atoms. The molecule has 5 rings (SSSR count). The van der Waals surface area contributed by atoms with Crippen molar-refractivity contribution in [2.24, 2.45) is 0 Å². The van der Waals surface area contributed by atoms with Crippen LogP contribution in [0.15, 0.2) is 48.5 Å². The van der Waals surface area contributed by atoms with E-state index in [4.69, 9.17) is 4.74 Å². The van der Waals surface area contributed by atoms with E-state index in [-0.39, 0.29) is 24.3 Å². The third-order valence-corrected chi connectivity index (χ3v) is 6.24. The Labute approximate surface area is 169 Å². The highest BCUT2D eigenvalue weighted by Crippen LogP contribution is 2.41. The summed E-state index contributed by atoms with van der Waals surface area (Å²) >= 11 is 0. The van der Waals surface area contributed by atoms with Gasteiger partial charge < -0.3 is 9.72 Å². The van der Waals surface area contributed by atoms with Crippen molar-refractivity contribution in [1.29, 1.82) is 0 Å². The predicted molar refractivity (Wildman–Crippen MR) is 110 cm³/mol. The third-order valence-electron chi connectivity index (χ3n) is 6.24. The van der Waals surface area contributed by atoms with Gasteiger partial charge in [0.05, 0.1) is 25.6 Å². The summed E-state index contributed by atoms with van der Waals surface area (Å²) in [5, 5.41) is 1.16. The average Bonchev–Trinajstić information content (AvgIpc) is 3.25. The van der Waals surface area contributed by atoms with Gasteiger partial charge >= 0.3 is 0 Å². The Balaban J connectivity index is 1.66. The van der Waals surface area contributed by atoms with Crippen LogP contribution in [0.1, 0.15) is 29.3 Å². The molecule has 0 unspecified atom stereocenters. The quantitative estimate of drug-likeness (QED) is 0.700. The maximum Gasteiger partial charge on any atom is 0.246 e. The molecule has 29 heavy (non-hydrogen) atoms. The number of hydrogen-bond acceptors (Lipinski definition) is 4. The fraction of sp³-hybridized carbons (Fsp3) is 0.304. The van der Waals surface area contributed by atoms with Crippen LogP contribution in [-0.2, 0) is 16.0 Å². The highest BCUT2D eigenvalue weighted by molar-refractivity contribution is 6.05. The largest absolute Gasteiger partial charge is 0.497 e. The SMILES string of the molecule is COc1ccc2[nH]c3c(c2c1)CCN([C@@H]1CC(=O)N(C)C1=O)[C@@H]3c1ccccc1. The van der Waals surface area contributed by atoms with E-state index in [0.717, 1.165) is 34.3 Å². The molecule has 1 aromatic heterocycles. The number of aromatic nitrogens is 1. The van der Waals surface area contributed by atoms with Crippen LogP contribution in [0.4, 0.5) is 0 Å². The van der Waals surface area contributed by atoms with E-state index in [0.29, 0.717) is 6.54 Å². The molecule has 2 atom stereocenters. The number of aromatic amines is 1. The lowest BCUT2D eigenvalue weighted by atomic mass is 9.90. The first kappa shape index (κ1) is 17.9. The molecule has 1 saturated heterocycles. The molecule has 148 valence electrons. The van der Waals surface area contributed by atoms with E-state index < -0.39 is 6.04 Å². The van der Waals surface area contributed by atoms with Crippen molar-refractivity contribution in [3.63, 3.8) is 0 Å². The first-order valence-corrected chi connectivity index (χ1v) is 9.88. The number of imide groups is 1. The smallest absolute Gasteiger partial charge is 0.246 e. The van der Waals surface area contributed by atoms with E-state index >= 15 is 0 Å². The average molecular weight is 389 g/mol. The number of methoxy groups -OCH3 is 1. The van der Waals surface area contributed by atoms with Gasteiger partial charge in [-0.15, -0.1) is 0 Å². The summed E-state index contributed by atoms with van der Waals surface area (Å²) in [6, 6.07) is 15.7. The summed E-state index contributed by atoms with van der Waals surface area (Å²) in [5.74, 6) is 0.604. The van der Waals surface area contributed by atoms with Crippen molar-refractivity contribution in [3.8, 4) is 5.75 Å². The maximum absolute atomic E-state index is 12.8. The molecule has 0 bridgehead atoms. The molecule has 1 N–H and O–H groups in total. The lowest BCUT2D eigenvalue weighted by molar-refractivity contribution is -0.138. The summed E-state index contributed by atoms with van der Waals surface area (Å²) in [6.45, 7) is 0.717. The normalized spacial score (nSPS) is 22.3. The minimum absolute atomic E-state index is 0.105. The van der Waals surface area contributed by atoms with Crippen molar-refractivity contribution < 1.29 is 14.3 Å². The molecule has 6 heteroatoms. The van der Waals surface area contributed by atoms with Crippen LogP contribution in [0.2, 0.25) is 0 Å². The van der Waals surface area contributed by atoms with Crippen LogP contribution in [0.5, 0.6) is 5.75 Å². The molecule has 1 fully saturated rings. The molecule has 2 aromatic carbocycles. The van der Waals surface area contributed by atoms with Gasteiger partial charge in [-0.25, -0.2) is 0 Å². The number of benzene rings is 2. The number of carbonyl (C=O) groups excluding carboxylic acids is 2. The van der Waals surface area contributed by atoms with Crippen molar-refractivity contribution in [3.05, 3.63) is 65.4 Å². The van der Waals surface area contributed by atoms with E-state index in [1.165, 1.54) is 10.5 Å². The van der Waals surface area contributed by atoms with Crippen LogP contribution < -0.4 is 4.74 Å². The van der Waals surface area contributed by atoms with Gasteiger partial charge in [0.2, 0.25) is 11.8 Å². The second-order valence-corrected chi connectivity index (χ2v) is 7.74. The topological polar surface area (TPSA) is 65.6 Å². The zero-order valence-electron chi connectivity index (χ0n) is 16.5. The number of fused-ring (bicyclic) bond motifs is 3. The predicted octanol–water partition coefficient (Wildman–Crippen LogP) is 2.88. The molecule has 3 aromatic rings. The molecule has 2 aliphatic heterocycles. The first-order chi connectivity index (χ1) is 14.1. The van der Waals surface area contributed by atoms with Gasteiger partial charge in [0.15, 0.2) is 0 Å². The number of hydrogen-bond donors (Lipinski definition) is 1. The van der Waals surface area contributed by atoms with Crippen LogP contribution in [0.25, 0.3) is 10.9 Å². The van der Waals surface area contributed by atoms with Gasteiger partial charge in [-0.1, -0.05) is 30.3 Å². The molecule has 3 heterocycles. The second-order valence-electron chi connectivity index (χ2n) is 7.74. The minimum Gasteiger partial charge on any atom is -0.497 e. The molecule has 6 nitrogen and oxygen atoms in total. The summed E-state index contributed by atoms with van der Waals surface area (Å²) in [4.78, 5) is 32.0. The first-order valence-electron chi connectivity index (χ1n) is 9.88. The molecular weight excluding hydrogens is 366 g/mol. The fourth-order valence-corrected chi connectivity index (χ4v) is 4.74. The van der Waals surface area contributed by atoms with Gasteiger partial charge in [0, 0.05) is 30.2 Å². The fourth-order valence-electron chi connectivity index (χ4n) is 4.74. The Morgan fingerprint density at radius 1 is 1.10 bits per heavy atom. The van der Waals surface area contributed by atoms with Gasteiger partial charge in [-0.2, -0.15) is 0 Å². The summed E-state index contributed by atoms with van der Waals surface area (Å²) in [7, 11) is 3.25. The van der Waals surface area contributed by atoms with Crippen LogP contribution in [-0.4, -0.2) is 53.3 Å². The molecule has 0 saturated carbocycles. The number of likely N-dealkylation sites (N-methyl/N-ethyl adjacent to an activating group) is 1. The van der Waals surface area contributed by atoms with Crippen molar-refractivity contribution in [2.45, 2.75) is 24.9 Å². The number of H-pyrrole nitrogens is 1. The van der Waals surface area contributed by atoms with Crippen LogP contribution in [0, 0.1) is 0 Å². The highest BCUT2D eigenvalue weighted by atomic mass is 16.5. The summed E-state index contributed by atoms with van der Waals surface area (Å²) in [6.07, 6.45) is 1.05. The standard InChI is InChI=1S/C23H23N3O3/c1-25-20(27)13-19(23(25)28)26-11-10-16-17-12-15(29-2)8-9-18(17)24-21(16)22(26)14-6-4-3-5-7-14/h3-9,12,19,22,24H,10-11,13H2,1-2H3/t19-,22-/m1/s1. The Hall–Kier alpha value is -3.12. The van der Waals surface area contributed by atoms with Gasteiger partial charge in [-0.3, -0.25) is 19.4 Å². The van der Waals surface area contributed by atoms with Gasteiger partial charge in [0.1, 0.15) is 5.75 Å². The molecule has 0 aliphatic carbocycles. The molecule has 2 aliphatic rings. The Morgan fingerprint density at radius 3 is 2.59 bits per heavy atom. The Kier molecular flexibility index (Phi) is 4.17. The van der Waals surface area contributed by atoms with E-state index in [9.17, 15) is 9.59 Å². The van der Waals surface area contributed by atoms with Crippen molar-refractivity contribution >= 4 is 22.7 Å². The zero-order chi connectivity index (χ0) is 20.1. The monoisotopic (exact) mass is 389 g/mol. The van der Waals surface area contributed by atoms with Crippen LogP contribution >= 0.6 is 0 Å². The number of likely N-dealkylation sites (tertiary alicyclic amines) is 1. The second kappa shape index (κ2) is 6.74. The van der Waals surface area contributed by atoms with Crippen molar-refractivity contribution in [2.75, 3.05) is 20.7 Å². The van der Waals surface area contributed by atoms with Gasteiger partial charge in [0.25, 0.3) is 0 Å². The number of amides is 2. The van der Waals surface area contributed by atoms with Gasteiger partial charge in [-0.05, 0) is 35.7 Å². The molecule has 0 radical (unpaired) electrons. The maximum atomic E-state index is 12.8. The Morgan fingerprint density at radius 2 is 1.90 bits per heavy atom. The van der Waals surface area contributed by atoms with Crippen molar-refractivity contribution in [1.82, 2.24) is 14.8 Å². The number of nitrogens with one attached hydrogen (secondary N) is 1. The lowest BCUT2D eigenvalue weighted by Crippen LogP contribution is -2.46. The van der Waals surface area contributed by atoms with E-state index in [2.05, 4.69) is 28.1 Å². The number of ether oxygens (including phenoxy) is 1. The number of carbonyl (C=O) groups is 2. The van der Waals surface area contributed by atoms with E-state index in [1.54, 1.807) is 14.2 Å². The molecule has 2 amide bonds. The minimum atomic E-state index is -0.424. The number of nitrogens with zero attached hydrogens (tertiary/aromatic N) is 2. The summed E-state index contributed by atoms with van der Waals surface area (Å²) in [5.41, 5.74) is 4.53. The third kappa shape index (κ3) is 2.75. The van der Waals surface area contributed by atoms with E-state index in [1.807, 2.05) is 30.3 Å². The zero-order valence-corrected chi connectivity index (χ0v) is 16.5. The number of rotatable bonds is 3. The summed E-state index contributed by atoms with van der Waals surface area (Å²) < 4.78 is 5.42.